The SMILES string of the molecule is CCCC(Cl)CNc1ncc(Br)cc1C(F)(F)F. The Balaban J connectivity index is 2.82. The van der Waals surface area contributed by atoms with Crippen molar-refractivity contribution in [2.75, 3.05) is 11.9 Å². The summed E-state index contributed by atoms with van der Waals surface area (Å²) in [6, 6.07) is 0.998. The van der Waals surface area contributed by atoms with Gasteiger partial charge in [-0.3, -0.25) is 0 Å². The van der Waals surface area contributed by atoms with Gasteiger partial charge in [-0.05, 0) is 28.4 Å². The minimum Gasteiger partial charge on any atom is -0.368 e. The number of rotatable bonds is 5. The van der Waals surface area contributed by atoms with Gasteiger partial charge in [0, 0.05) is 17.2 Å². The van der Waals surface area contributed by atoms with E-state index in [9.17, 15) is 13.2 Å². The topological polar surface area (TPSA) is 24.9 Å². The van der Waals surface area contributed by atoms with Gasteiger partial charge in [-0.1, -0.05) is 13.3 Å². The van der Waals surface area contributed by atoms with Crippen molar-refractivity contribution in [1.29, 1.82) is 0 Å². The first-order valence-corrected chi connectivity index (χ1v) is 6.68. The zero-order chi connectivity index (χ0) is 13.8. The quantitative estimate of drug-likeness (QED) is 0.784. The van der Waals surface area contributed by atoms with Gasteiger partial charge >= 0.3 is 6.18 Å². The van der Waals surface area contributed by atoms with Crippen LogP contribution in [0.1, 0.15) is 25.3 Å². The number of nitrogens with zero attached hydrogens (tertiary/aromatic N) is 1. The zero-order valence-electron chi connectivity index (χ0n) is 9.69. The number of nitrogens with one attached hydrogen (secondary N) is 1. The molecule has 1 unspecified atom stereocenters. The average molecular weight is 346 g/mol. The number of hydrogen-bond acceptors (Lipinski definition) is 2. The normalized spacial score (nSPS) is 13.4. The third-order valence-corrected chi connectivity index (χ3v) is 3.06. The highest BCUT2D eigenvalue weighted by Crippen LogP contribution is 2.35. The molecular weight excluding hydrogens is 332 g/mol. The van der Waals surface area contributed by atoms with E-state index in [0.29, 0.717) is 0 Å². The molecule has 1 atom stereocenters. The summed E-state index contributed by atoms with van der Waals surface area (Å²) in [6.07, 6.45) is -1.49. The van der Waals surface area contributed by atoms with E-state index in [1.54, 1.807) is 0 Å². The number of aromatic nitrogens is 1. The van der Waals surface area contributed by atoms with Crippen LogP contribution in [0.4, 0.5) is 19.0 Å². The van der Waals surface area contributed by atoms with Crippen molar-refractivity contribution in [3.63, 3.8) is 0 Å². The van der Waals surface area contributed by atoms with Crippen molar-refractivity contribution in [2.45, 2.75) is 31.3 Å². The van der Waals surface area contributed by atoms with Crippen LogP contribution in [-0.4, -0.2) is 16.9 Å². The van der Waals surface area contributed by atoms with Gasteiger partial charge in [0.05, 0.1) is 10.9 Å². The standard InChI is InChI=1S/C11H13BrClF3N2/c1-2-3-8(13)6-18-10-9(11(14,15)16)4-7(12)5-17-10/h4-5,8H,2-3,6H2,1H3,(H,17,18). The smallest absolute Gasteiger partial charge is 0.368 e. The Hall–Kier alpha value is -0.490. The third-order valence-electron chi connectivity index (χ3n) is 2.25. The highest BCUT2D eigenvalue weighted by molar-refractivity contribution is 9.10. The van der Waals surface area contributed by atoms with E-state index in [1.165, 1.54) is 6.20 Å². The first-order chi connectivity index (χ1) is 8.34. The molecule has 1 aromatic rings. The van der Waals surface area contributed by atoms with E-state index in [2.05, 4.69) is 26.2 Å². The van der Waals surface area contributed by atoms with Crippen molar-refractivity contribution < 1.29 is 13.2 Å². The second-order valence-corrected chi connectivity index (χ2v) is 5.35. The summed E-state index contributed by atoms with van der Waals surface area (Å²) in [5, 5.41) is 2.44. The van der Waals surface area contributed by atoms with Crippen molar-refractivity contribution in [1.82, 2.24) is 4.98 Å². The lowest BCUT2D eigenvalue weighted by Crippen LogP contribution is -2.18. The van der Waals surface area contributed by atoms with Crippen molar-refractivity contribution >= 4 is 33.3 Å². The van der Waals surface area contributed by atoms with Crippen LogP contribution in [0.5, 0.6) is 0 Å². The van der Waals surface area contributed by atoms with E-state index in [4.69, 9.17) is 11.6 Å². The van der Waals surface area contributed by atoms with Gasteiger partial charge in [-0.15, -0.1) is 11.6 Å². The van der Waals surface area contributed by atoms with Gasteiger partial charge in [-0.25, -0.2) is 4.98 Å². The van der Waals surface area contributed by atoms with Crippen LogP contribution in [-0.2, 0) is 6.18 Å². The molecule has 1 N–H and O–H groups in total. The van der Waals surface area contributed by atoms with E-state index < -0.39 is 11.7 Å². The van der Waals surface area contributed by atoms with Crippen molar-refractivity contribution in [2.24, 2.45) is 0 Å². The summed E-state index contributed by atoms with van der Waals surface area (Å²) in [6.45, 7) is 2.22. The molecule has 0 fully saturated rings. The largest absolute Gasteiger partial charge is 0.419 e. The fourth-order valence-electron chi connectivity index (χ4n) is 1.42. The van der Waals surface area contributed by atoms with Crippen LogP contribution < -0.4 is 5.32 Å². The number of halogens is 5. The van der Waals surface area contributed by atoms with Gasteiger partial charge in [0.25, 0.3) is 0 Å². The number of anilines is 1. The first-order valence-electron chi connectivity index (χ1n) is 5.45. The minimum absolute atomic E-state index is 0.188. The average Bonchev–Trinajstić information content (AvgIpc) is 2.26. The zero-order valence-corrected chi connectivity index (χ0v) is 12.0. The maximum absolute atomic E-state index is 12.8. The molecule has 0 aliphatic heterocycles. The maximum atomic E-state index is 12.8. The van der Waals surface area contributed by atoms with Gasteiger partial charge in [0.2, 0.25) is 0 Å². The Kier molecular flexibility index (Phi) is 5.72. The fraction of sp³-hybridized carbons (Fsp3) is 0.545. The molecule has 1 heterocycles. The van der Waals surface area contributed by atoms with Crippen LogP contribution in [0.25, 0.3) is 0 Å². The lowest BCUT2D eigenvalue weighted by Gasteiger charge is -2.15. The molecule has 1 rings (SSSR count). The van der Waals surface area contributed by atoms with E-state index >= 15 is 0 Å². The first kappa shape index (κ1) is 15.6. The minimum atomic E-state index is -4.44. The summed E-state index contributed by atoms with van der Waals surface area (Å²) in [7, 11) is 0. The molecule has 0 saturated carbocycles. The van der Waals surface area contributed by atoms with Crippen LogP contribution >= 0.6 is 27.5 Å². The van der Waals surface area contributed by atoms with Crippen LogP contribution in [0.2, 0.25) is 0 Å². The van der Waals surface area contributed by atoms with E-state index in [-0.39, 0.29) is 22.2 Å². The third kappa shape index (κ3) is 4.65. The van der Waals surface area contributed by atoms with Gasteiger partial charge in [0.1, 0.15) is 5.82 Å². The maximum Gasteiger partial charge on any atom is 0.419 e. The summed E-state index contributed by atoms with van der Waals surface area (Å²) in [4.78, 5) is 3.74. The molecule has 0 bridgehead atoms. The Morgan fingerprint density at radius 3 is 2.72 bits per heavy atom. The highest BCUT2D eigenvalue weighted by Gasteiger charge is 2.34. The van der Waals surface area contributed by atoms with E-state index in [0.717, 1.165) is 18.9 Å². The predicted molar refractivity (Wildman–Crippen MR) is 70.0 cm³/mol. The molecule has 0 aromatic carbocycles. The van der Waals surface area contributed by atoms with Crippen molar-refractivity contribution in [3.05, 3.63) is 22.3 Å². The molecule has 0 radical (unpaired) electrons. The molecular formula is C11H13BrClF3N2. The molecule has 2 nitrogen and oxygen atoms in total. The number of alkyl halides is 4. The molecule has 18 heavy (non-hydrogen) atoms. The Bertz CT molecular complexity index is 398. The molecule has 1 aromatic heterocycles. The summed E-state index contributed by atoms with van der Waals surface area (Å²) < 4.78 is 38.6. The molecule has 0 aliphatic carbocycles. The highest BCUT2D eigenvalue weighted by atomic mass is 79.9. The molecule has 0 amide bonds. The summed E-state index contributed by atoms with van der Waals surface area (Å²) in [5.74, 6) is -0.188. The van der Waals surface area contributed by atoms with Crippen LogP contribution in [0.3, 0.4) is 0 Å². The monoisotopic (exact) mass is 344 g/mol. The Morgan fingerprint density at radius 1 is 1.50 bits per heavy atom. The molecule has 0 spiro atoms. The second kappa shape index (κ2) is 6.61. The molecule has 102 valence electrons. The lowest BCUT2D eigenvalue weighted by atomic mass is 10.2. The van der Waals surface area contributed by atoms with Crippen molar-refractivity contribution in [3.8, 4) is 0 Å². The van der Waals surface area contributed by atoms with Gasteiger partial charge in [0.15, 0.2) is 0 Å². The summed E-state index contributed by atoms with van der Waals surface area (Å²) in [5.41, 5.74) is -0.794. The number of pyridine rings is 1. The lowest BCUT2D eigenvalue weighted by molar-refractivity contribution is -0.137. The van der Waals surface area contributed by atoms with Gasteiger partial charge in [-0.2, -0.15) is 13.2 Å². The second-order valence-electron chi connectivity index (χ2n) is 3.81. The van der Waals surface area contributed by atoms with Gasteiger partial charge < -0.3 is 5.32 Å². The Labute approximate surface area is 117 Å². The summed E-state index contributed by atoms with van der Waals surface area (Å²) >= 11 is 8.93. The Morgan fingerprint density at radius 2 is 2.17 bits per heavy atom. The predicted octanol–water partition coefficient (Wildman–Crippen LogP) is 4.68. The molecule has 7 heteroatoms. The molecule has 0 saturated heterocycles. The fourth-order valence-corrected chi connectivity index (χ4v) is 2.05. The van der Waals surface area contributed by atoms with Crippen LogP contribution in [0, 0.1) is 0 Å². The number of hydrogen-bond donors (Lipinski definition) is 1. The van der Waals surface area contributed by atoms with E-state index in [1.807, 2.05) is 6.92 Å². The van der Waals surface area contributed by atoms with Crippen LogP contribution in [0.15, 0.2) is 16.7 Å². The molecule has 0 aliphatic rings.